The van der Waals surface area contributed by atoms with Gasteiger partial charge in [-0.15, -0.1) is 0 Å². The summed E-state index contributed by atoms with van der Waals surface area (Å²) >= 11 is 7.92. The zero-order valence-electron chi connectivity index (χ0n) is 17.6. The Morgan fingerprint density at radius 2 is 1.87 bits per heavy atom. The van der Waals surface area contributed by atoms with Crippen molar-refractivity contribution in [1.29, 1.82) is 0 Å². The molecule has 2 aromatic heterocycles. The third kappa shape index (κ3) is 3.96. The first-order valence-electron chi connectivity index (χ1n) is 10.6. The average molecular weight is 453 g/mol. The highest BCUT2D eigenvalue weighted by atomic mass is 35.5. The molecule has 1 N–H and O–H groups in total. The van der Waals surface area contributed by atoms with Gasteiger partial charge in [0.1, 0.15) is 10.8 Å². The second-order valence-corrected chi connectivity index (χ2v) is 10.0. The lowest BCUT2D eigenvalue weighted by atomic mass is 9.87. The van der Waals surface area contributed by atoms with Crippen molar-refractivity contribution >= 4 is 39.9 Å². The zero-order valence-corrected chi connectivity index (χ0v) is 19.2. The van der Waals surface area contributed by atoms with Crippen LogP contribution in [0.15, 0.2) is 64.5 Å². The number of fused-ring (bicyclic) bond motifs is 3. The largest absolute Gasteiger partial charge is 0.385 e. The van der Waals surface area contributed by atoms with Crippen molar-refractivity contribution in [2.75, 3.05) is 13.2 Å². The van der Waals surface area contributed by atoms with Crippen LogP contribution in [0.4, 0.5) is 0 Å². The van der Waals surface area contributed by atoms with E-state index in [0.29, 0.717) is 37.1 Å². The molecule has 4 aromatic rings. The molecule has 0 bridgehead atoms. The number of ether oxygens (including phenoxy) is 1. The summed E-state index contributed by atoms with van der Waals surface area (Å²) in [5.41, 5.74) is 3.40. The molecule has 5 rings (SSSR count). The lowest BCUT2D eigenvalue weighted by Gasteiger charge is -2.32. The van der Waals surface area contributed by atoms with E-state index in [-0.39, 0.29) is 0 Å². The van der Waals surface area contributed by atoms with Crippen LogP contribution in [0.5, 0.6) is 0 Å². The van der Waals surface area contributed by atoms with Gasteiger partial charge in [0.05, 0.1) is 11.1 Å². The number of hydrogen-bond acceptors (Lipinski definition) is 4. The third-order valence-electron chi connectivity index (χ3n) is 6.08. The van der Waals surface area contributed by atoms with Crippen LogP contribution in [-0.4, -0.2) is 27.7 Å². The van der Waals surface area contributed by atoms with Crippen molar-refractivity contribution in [1.82, 2.24) is 9.38 Å². The van der Waals surface area contributed by atoms with Crippen molar-refractivity contribution in [3.63, 3.8) is 0 Å². The number of aromatic nitrogens is 2. The Labute approximate surface area is 191 Å². The molecule has 2 aromatic carbocycles. The average Bonchev–Trinajstić information content (AvgIpc) is 3.14. The van der Waals surface area contributed by atoms with Gasteiger partial charge in [-0.25, -0.2) is 4.98 Å². The topological polar surface area (TPSA) is 46.8 Å². The van der Waals surface area contributed by atoms with Crippen LogP contribution in [0.3, 0.4) is 0 Å². The molecule has 3 heterocycles. The summed E-state index contributed by atoms with van der Waals surface area (Å²) in [6, 6.07) is 16.9. The molecule has 0 saturated carbocycles. The lowest BCUT2D eigenvalue weighted by Crippen LogP contribution is -2.33. The number of imidazole rings is 1. The predicted molar refractivity (Wildman–Crippen MR) is 126 cm³/mol. The van der Waals surface area contributed by atoms with Crippen LogP contribution >= 0.6 is 23.4 Å². The Balaban J connectivity index is 1.54. The van der Waals surface area contributed by atoms with E-state index in [9.17, 15) is 5.11 Å². The standard InChI is InChI=1S/C25H25ClN2O2S/c1-16(2)21-14-24-27-23(26)15-28(24)22-13-19(6-7-20(21)22)31-18-5-3-4-17(12-18)25(29)8-10-30-11-9-25/h3-7,12-16,29H,8-11H2,1-2H3. The molecule has 0 spiro atoms. The molecule has 160 valence electrons. The first kappa shape index (κ1) is 20.8. The molecule has 6 heteroatoms. The van der Waals surface area contributed by atoms with E-state index in [1.807, 2.05) is 18.3 Å². The minimum atomic E-state index is -0.801. The van der Waals surface area contributed by atoms with Crippen LogP contribution < -0.4 is 0 Å². The van der Waals surface area contributed by atoms with E-state index in [1.165, 1.54) is 10.9 Å². The summed E-state index contributed by atoms with van der Waals surface area (Å²) in [6.45, 7) is 5.59. The van der Waals surface area contributed by atoms with Crippen molar-refractivity contribution < 1.29 is 9.84 Å². The fraction of sp³-hybridized carbons (Fsp3) is 0.320. The highest BCUT2D eigenvalue weighted by molar-refractivity contribution is 7.99. The van der Waals surface area contributed by atoms with Crippen molar-refractivity contribution in [2.45, 2.75) is 48.0 Å². The fourth-order valence-corrected chi connectivity index (χ4v) is 5.45. The smallest absolute Gasteiger partial charge is 0.148 e. The van der Waals surface area contributed by atoms with E-state index in [2.05, 4.69) is 59.6 Å². The van der Waals surface area contributed by atoms with E-state index in [4.69, 9.17) is 16.3 Å². The summed E-state index contributed by atoms with van der Waals surface area (Å²) in [5.74, 6) is 0.387. The van der Waals surface area contributed by atoms with Gasteiger partial charge in [0.15, 0.2) is 0 Å². The molecule has 1 saturated heterocycles. The SMILES string of the molecule is CC(C)c1cc2nc(Cl)cn2c2cc(Sc3cccc(C4(O)CCOCC4)c3)ccc12. The Morgan fingerprint density at radius 3 is 2.65 bits per heavy atom. The molecule has 1 aliphatic rings. The maximum absolute atomic E-state index is 11.1. The number of rotatable bonds is 4. The normalized spacial score (nSPS) is 16.4. The maximum Gasteiger partial charge on any atom is 0.148 e. The van der Waals surface area contributed by atoms with Gasteiger partial charge in [-0.05, 0) is 47.4 Å². The highest BCUT2D eigenvalue weighted by Crippen LogP contribution is 2.37. The van der Waals surface area contributed by atoms with Crippen molar-refractivity contribution in [3.8, 4) is 0 Å². The predicted octanol–water partition coefficient (Wildman–Crippen LogP) is 6.41. The monoisotopic (exact) mass is 452 g/mol. The summed E-state index contributed by atoms with van der Waals surface area (Å²) in [6.07, 6.45) is 3.14. The molecular weight excluding hydrogens is 428 g/mol. The number of aliphatic hydroxyl groups is 1. The Morgan fingerprint density at radius 1 is 1.10 bits per heavy atom. The van der Waals surface area contributed by atoms with Gasteiger partial charge in [-0.3, -0.25) is 4.40 Å². The first-order valence-corrected chi connectivity index (χ1v) is 11.8. The molecular formula is C25H25ClN2O2S. The molecule has 1 fully saturated rings. The molecule has 0 radical (unpaired) electrons. The van der Waals surface area contributed by atoms with Crippen molar-refractivity contribution in [3.05, 3.63) is 71.0 Å². The Kier molecular flexibility index (Phi) is 5.47. The second-order valence-electron chi connectivity index (χ2n) is 8.50. The summed E-state index contributed by atoms with van der Waals surface area (Å²) in [5, 5.41) is 12.8. The Hall–Kier alpha value is -2.05. The van der Waals surface area contributed by atoms with Crippen LogP contribution in [0.2, 0.25) is 5.15 Å². The number of nitrogens with zero attached hydrogens (tertiary/aromatic N) is 2. The van der Waals surface area contributed by atoms with Crippen LogP contribution in [-0.2, 0) is 10.3 Å². The minimum absolute atomic E-state index is 0.387. The lowest BCUT2D eigenvalue weighted by molar-refractivity contribution is -0.0680. The second kappa shape index (κ2) is 8.14. The summed E-state index contributed by atoms with van der Waals surface area (Å²) in [4.78, 5) is 6.72. The minimum Gasteiger partial charge on any atom is -0.385 e. The molecule has 4 nitrogen and oxygen atoms in total. The molecule has 0 atom stereocenters. The number of halogens is 1. The molecule has 0 aliphatic carbocycles. The number of pyridine rings is 1. The van der Waals surface area contributed by atoms with Gasteiger partial charge in [-0.1, -0.05) is 55.4 Å². The summed E-state index contributed by atoms with van der Waals surface area (Å²) in [7, 11) is 0. The molecule has 0 unspecified atom stereocenters. The number of hydrogen-bond donors (Lipinski definition) is 1. The van der Waals surface area contributed by atoms with Crippen LogP contribution in [0, 0.1) is 0 Å². The van der Waals surface area contributed by atoms with E-state index in [0.717, 1.165) is 26.5 Å². The zero-order chi connectivity index (χ0) is 21.6. The quantitative estimate of drug-likeness (QED) is 0.388. The number of benzene rings is 2. The highest BCUT2D eigenvalue weighted by Gasteiger charge is 2.31. The van der Waals surface area contributed by atoms with Crippen molar-refractivity contribution in [2.24, 2.45) is 0 Å². The van der Waals surface area contributed by atoms with E-state index >= 15 is 0 Å². The van der Waals surface area contributed by atoms with Gasteiger partial charge in [0.2, 0.25) is 0 Å². The van der Waals surface area contributed by atoms with Gasteiger partial charge in [0.25, 0.3) is 0 Å². The van der Waals surface area contributed by atoms with E-state index < -0.39 is 5.60 Å². The van der Waals surface area contributed by atoms with Gasteiger partial charge in [0, 0.05) is 47.4 Å². The van der Waals surface area contributed by atoms with Gasteiger partial charge >= 0.3 is 0 Å². The third-order valence-corrected chi connectivity index (χ3v) is 7.24. The first-order chi connectivity index (χ1) is 14.9. The van der Waals surface area contributed by atoms with E-state index in [1.54, 1.807) is 11.8 Å². The maximum atomic E-state index is 11.1. The van der Waals surface area contributed by atoms with Gasteiger partial charge in [-0.2, -0.15) is 0 Å². The summed E-state index contributed by atoms with van der Waals surface area (Å²) < 4.78 is 7.50. The molecule has 1 aliphatic heterocycles. The van der Waals surface area contributed by atoms with Crippen LogP contribution in [0.1, 0.15) is 43.7 Å². The van der Waals surface area contributed by atoms with Crippen LogP contribution in [0.25, 0.3) is 16.6 Å². The fourth-order valence-electron chi connectivity index (χ4n) is 4.36. The molecule has 0 amide bonds. The molecule has 31 heavy (non-hydrogen) atoms. The van der Waals surface area contributed by atoms with Gasteiger partial charge < -0.3 is 9.84 Å². The Bertz CT molecular complexity index is 1260.